The normalized spacial score (nSPS) is 12.1. The number of nitrogens with one attached hydrogen (secondary N) is 2. The van der Waals surface area contributed by atoms with E-state index in [9.17, 15) is 4.79 Å². The number of aromatic nitrogens is 3. The van der Waals surface area contributed by atoms with Gasteiger partial charge in [0, 0.05) is 23.7 Å². The van der Waals surface area contributed by atoms with Gasteiger partial charge in [-0.15, -0.1) is 0 Å². The second kappa shape index (κ2) is 7.27. The Kier molecular flexibility index (Phi) is 4.65. The summed E-state index contributed by atoms with van der Waals surface area (Å²) in [4.78, 5) is 23.5. The van der Waals surface area contributed by atoms with E-state index in [1.165, 1.54) is 11.1 Å². The lowest BCUT2D eigenvalue weighted by molar-refractivity contribution is 0.870. The molecule has 0 aliphatic heterocycles. The van der Waals surface area contributed by atoms with Crippen molar-refractivity contribution in [3.63, 3.8) is 0 Å². The molecule has 0 aliphatic rings. The van der Waals surface area contributed by atoms with Gasteiger partial charge in [-0.1, -0.05) is 35.9 Å². The number of fused-ring (bicyclic) bond motifs is 1. The number of aromatic amines is 1. The van der Waals surface area contributed by atoms with E-state index in [4.69, 9.17) is 0 Å². The van der Waals surface area contributed by atoms with Crippen LogP contribution in [0, 0.1) is 13.8 Å². The van der Waals surface area contributed by atoms with Gasteiger partial charge in [0.1, 0.15) is 11.6 Å². The summed E-state index contributed by atoms with van der Waals surface area (Å²) in [6.07, 6.45) is 1.66. The Balaban J connectivity index is 1.78. The Hall–Kier alpha value is -3.47. The Morgan fingerprint density at radius 1 is 0.964 bits per heavy atom. The van der Waals surface area contributed by atoms with Crippen molar-refractivity contribution in [2.75, 3.05) is 5.32 Å². The van der Waals surface area contributed by atoms with Crippen LogP contribution in [0.1, 0.15) is 29.9 Å². The van der Waals surface area contributed by atoms with Crippen LogP contribution in [0.4, 0.5) is 5.82 Å². The number of H-pyrrole nitrogens is 1. The van der Waals surface area contributed by atoms with Crippen molar-refractivity contribution < 1.29 is 0 Å². The fourth-order valence-electron chi connectivity index (χ4n) is 3.39. The van der Waals surface area contributed by atoms with Crippen molar-refractivity contribution in [1.82, 2.24) is 15.0 Å². The summed E-state index contributed by atoms with van der Waals surface area (Å²) in [5, 5.41) is 4.47. The molecule has 0 fully saturated rings. The van der Waals surface area contributed by atoms with E-state index in [0.717, 1.165) is 33.7 Å². The molecule has 0 amide bonds. The van der Waals surface area contributed by atoms with Crippen LogP contribution in [-0.2, 0) is 0 Å². The highest BCUT2D eigenvalue weighted by molar-refractivity contribution is 5.92. The quantitative estimate of drug-likeness (QED) is 0.543. The highest BCUT2D eigenvalue weighted by Gasteiger charge is 2.12. The average Bonchev–Trinajstić information content (AvgIpc) is 2.67. The summed E-state index contributed by atoms with van der Waals surface area (Å²) in [5.74, 6) is 1.51. The highest BCUT2D eigenvalue weighted by atomic mass is 16.1. The van der Waals surface area contributed by atoms with E-state index in [2.05, 4.69) is 58.4 Å². The molecule has 2 aromatic heterocycles. The molecule has 2 aromatic carbocycles. The third-order valence-electron chi connectivity index (χ3n) is 4.81. The molecule has 0 bridgehead atoms. The van der Waals surface area contributed by atoms with Gasteiger partial charge in [-0.2, -0.15) is 0 Å². The van der Waals surface area contributed by atoms with E-state index in [-0.39, 0.29) is 11.6 Å². The molecule has 5 heteroatoms. The minimum atomic E-state index is -0.121. The summed E-state index contributed by atoms with van der Waals surface area (Å²) in [6.45, 7) is 6.11. The molecule has 0 spiro atoms. The Labute approximate surface area is 163 Å². The van der Waals surface area contributed by atoms with E-state index >= 15 is 0 Å². The van der Waals surface area contributed by atoms with Crippen LogP contribution in [-0.4, -0.2) is 15.0 Å². The Morgan fingerprint density at radius 2 is 1.79 bits per heavy atom. The maximum atomic E-state index is 11.7. The number of pyridine rings is 1. The predicted octanol–water partition coefficient (Wildman–Crippen LogP) is 4.78. The summed E-state index contributed by atoms with van der Waals surface area (Å²) in [5.41, 5.74) is 5.01. The molecule has 0 unspecified atom stereocenters. The second-order valence-electron chi connectivity index (χ2n) is 7.07. The topological polar surface area (TPSA) is 70.7 Å². The fourth-order valence-corrected chi connectivity index (χ4v) is 3.39. The first-order valence-electron chi connectivity index (χ1n) is 9.30. The smallest absolute Gasteiger partial charge is 0.248 e. The van der Waals surface area contributed by atoms with E-state index in [0.29, 0.717) is 0 Å². The minimum absolute atomic E-state index is 0.0978. The molecular weight excluding hydrogens is 348 g/mol. The molecule has 0 saturated carbocycles. The van der Waals surface area contributed by atoms with Gasteiger partial charge in [0.2, 0.25) is 5.56 Å². The lowest BCUT2D eigenvalue weighted by Crippen LogP contribution is -2.10. The molecule has 4 rings (SSSR count). The van der Waals surface area contributed by atoms with Gasteiger partial charge in [0.25, 0.3) is 0 Å². The molecule has 1 atom stereocenters. The van der Waals surface area contributed by atoms with Crippen LogP contribution in [0.5, 0.6) is 0 Å². The van der Waals surface area contributed by atoms with Gasteiger partial charge in [-0.25, -0.2) is 9.97 Å². The van der Waals surface area contributed by atoms with Crippen LogP contribution >= 0.6 is 0 Å². The van der Waals surface area contributed by atoms with Crippen molar-refractivity contribution in [1.29, 1.82) is 0 Å². The van der Waals surface area contributed by atoms with Gasteiger partial charge in [0.15, 0.2) is 0 Å². The Bertz CT molecular complexity index is 1210. The standard InChI is InChI=1S/C23H22N4O/c1-14-5-4-6-17(11-14)15(2)25-23-20-12-18(19-9-10-24-22(28)13-19)7-8-21(20)26-16(3)27-23/h4-13,15H,1-3H3,(H,24,28)(H,25,26,27)/t15-/m1/s1. The first-order chi connectivity index (χ1) is 13.5. The third kappa shape index (κ3) is 3.64. The summed E-state index contributed by atoms with van der Waals surface area (Å²) < 4.78 is 0. The molecule has 2 heterocycles. The molecule has 5 nitrogen and oxygen atoms in total. The summed E-state index contributed by atoms with van der Waals surface area (Å²) in [7, 11) is 0. The van der Waals surface area contributed by atoms with Crippen molar-refractivity contribution in [3.05, 3.63) is 88.1 Å². The molecule has 0 radical (unpaired) electrons. The van der Waals surface area contributed by atoms with Gasteiger partial charge in [-0.3, -0.25) is 4.79 Å². The predicted molar refractivity (Wildman–Crippen MR) is 114 cm³/mol. The molecule has 0 saturated heterocycles. The monoisotopic (exact) mass is 370 g/mol. The van der Waals surface area contributed by atoms with Gasteiger partial charge in [-0.05, 0) is 55.7 Å². The number of benzene rings is 2. The maximum absolute atomic E-state index is 11.7. The number of aryl methyl sites for hydroxylation is 2. The molecule has 2 N–H and O–H groups in total. The number of nitrogens with zero attached hydrogens (tertiary/aromatic N) is 2. The SMILES string of the molecule is Cc1cccc([C@@H](C)Nc2nc(C)nc3ccc(-c4cc[nH]c(=O)c4)cc23)c1. The second-order valence-corrected chi connectivity index (χ2v) is 7.07. The summed E-state index contributed by atoms with van der Waals surface area (Å²) in [6, 6.07) is 18.0. The van der Waals surface area contributed by atoms with Crippen LogP contribution < -0.4 is 10.9 Å². The van der Waals surface area contributed by atoms with E-state index in [1.54, 1.807) is 12.3 Å². The number of hydrogen-bond acceptors (Lipinski definition) is 4. The first-order valence-corrected chi connectivity index (χ1v) is 9.30. The fraction of sp³-hybridized carbons (Fsp3) is 0.174. The van der Waals surface area contributed by atoms with Gasteiger partial charge in [0.05, 0.1) is 5.52 Å². The van der Waals surface area contributed by atoms with Gasteiger partial charge < -0.3 is 10.3 Å². The lowest BCUT2D eigenvalue weighted by Gasteiger charge is -2.17. The first kappa shape index (κ1) is 17.9. The third-order valence-corrected chi connectivity index (χ3v) is 4.81. The number of hydrogen-bond donors (Lipinski definition) is 2. The molecule has 28 heavy (non-hydrogen) atoms. The van der Waals surface area contributed by atoms with Gasteiger partial charge >= 0.3 is 0 Å². The maximum Gasteiger partial charge on any atom is 0.248 e. The molecule has 140 valence electrons. The molecular formula is C23H22N4O. The Morgan fingerprint density at radius 3 is 2.57 bits per heavy atom. The number of anilines is 1. The lowest BCUT2D eigenvalue weighted by atomic mass is 10.0. The van der Waals surface area contributed by atoms with Crippen LogP contribution in [0.3, 0.4) is 0 Å². The zero-order valence-electron chi connectivity index (χ0n) is 16.2. The minimum Gasteiger partial charge on any atom is -0.363 e. The largest absolute Gasteiger partial charge is 0.363 e. The van der Waals surface area contributed by atoms with Crippen molar-refractivity contribution in [3.8, 4) is 11.1 Å². The number of rotatable bonds is 4. The van der Waals surface area contributed by atoms with Crippen LogP contribution in [0.2, 0.25) is 0 Å². The van der Waals surface area contributed by atoms with E-state index < -0.39 is 0 Å². The zero-order valence-corrected chi connectivity index (χ0v) is 16.2. The van der Waals surface area contributed by atoms with Crippen LogP contribution in [0.25, 0.3) is 22.0 Å². The van der Waals surface area contributed by atoms with E-state index in [1.807, 2.05) is 31.2 Å². The van der Waals surface area contributed by atoms with Crippen molar-refractivity contribution in [2.24, 2.45) is 0 Å². The molecule has 4 aromatic rings. The highest BCUT2D eigenvalue weighted by Crippen LogP contribution is 2.29. The van der Waals surface area contributed by atoms with Crippen molar-refractivity contribution in [2.45, 2.75) is 26.8 Å². The van der Waals surface area contributed by atoms with Crippen LogP contribution in [0.15, 0.2) is 65.6 Å². The molecule has 0 aliphatic carbocycles. The zero-order chi connectivity index (χ0) is 19.7. The summed E-state index contributed by atoms with van der Waals surface area (Å²) >= 11 is 0. The average molecular weight is 370 g/mol. The van der Waals surface area contributed by atoms with Crippen molar-refractivity contribution >= 4 is 16.7 Å².